The standard InChI is InChI=1S/C33H36N4O3/c1-6-9-10-33(38)39-23(5)27-20-32(40-31-19-25(11-12-26(27)31)37(7-2)8-3)28(21-34)24-14-16-36-30(18-24)29-17-22(4)13-15-35-29/h11-20,23H,6-10H2,1-5H3/b32-28-. The van der Waals surface area contributed by atoms with Crippen molar-refractivity contribution >= 4 is 22.8 Å². The summed E-state index contributed by atoms with van der Waals surface area (Å²) in [5.41, 5.74) is 6.13. The van der Waals surface area contributed by atoms with Crippen LogP contribution in [0.15, 0.2) is 66.7 Å². The molecular weight excluding hydrogens is 500 g/mol. The SMILES string of the molecule is CCCCC(=O)OC(C)C1=C/C(=C(\C#N)c2ccnc(-c3cc(C)ccn3)c2)Oc2cc(N(CC)CC)ccc21. The highest BCUT2D eigenvalue weighted by Gasteiger charge is 2.27. The largest absolute Gasteiger partial charge is 0.458 e. The molecular formula is C33H36N4O3. The zero-order valence-corrected chi connectivity index (χ0v) is 23.9. The Balaban J connectivity index is 1.81. The fourth-order valence-electron chi connectivity index (χ4n) is 4.75. The fourth-order valence-corrected chi connectivity index (χ4v) is 4.75. The molecule has 7 nitrogen and oxygen atoms in total. The third kappa shape index (κ3) is 6.40. The van der Waals surface area contributed by atoms with E-state index in [1.165, 1.54) is 0 Å². The third-order valence-corrected chi connectivity index (χ3v) is 6.98. The molecule has 7 heteroatoms. The lowest BCUT2D eigenvalue weighted by Gasteiger charge is -2.28. The minimum absolute atomic E-state index is 0.237. The van der Waals surface area contributed by atoms with Gasteiger partial charge < -0.3 is 14.4 Å². The Labute approximate surface area is 236 Å². The summed E-state index contributed by atoms with van der Waals surface area (Å²) in [5, 5.41) is 10.3. The number of carbonyl (C=O) groups is 1. The highest BCUT2D eigenvalue weighted by Crippen LogP contribution is 2.40. The first-order chi connectivity index (χ1) is 19.4. The smallest absolute Gasteiger partial charge is 0.306 e. The minimum Gasteiger partial charge on any atom is -0.458 e. The number of aromatic nitrogens is 2. The van der Waals surface area contributed by atoms with Gasteiger partial charge in [-0.05, 0) is 87.7 Å². The Morgan fingerprint density at radius 2 is 1.77 bits per heavy atom. The summed E-state index contributed by atoms with van der Waals surface area (Å²) >= 11 is 0. The molecule has 0 saturated carbocycles. The van der Waals surface area contributed by atoms with Gasteiger partial charge in [0.05, 0.1) is 11.4 Å². The quantitative estimate of drug-likeness (QED) is 0.201. The van der Waals surface area contributed by atoms with Gasteiger partial charge in [-0.15, -0.1) is 0 Å². The van der Waals surface area contributed by atoms with Crippen molar-refractivity contribution in [3.63, 3.8) is 0 Å². The van der Waals surface area contributed by atoms with Gasteiger partial charge in [0.2, 0.25) is 0 Å². The topological polar surface area (TPSA) is 88.3 Å². The van der Waals surface area contributed by atoms with Gasteiger partial charge >= 0.3 is 5.97 Å². The van der Waals surface area contributed by atoms with E-state index in [4.69, 9.17) is 9.47 Å². The first kappa shape index (κ1) is 28.6. The van der Waals surface area contributed by atoms with Crippen molar-refractivity contribution in [3.8, 4) is 23.2 Å². The molecule has 0 N–H and O–H groups in total. The second-order valence-corrected chi connectivity index (χ2v) is 9.79. The first-order valence-corrected chi connectivity index (χ1v) is 13.9. The van der Waals surface area contributed by atoms with E-state index in [9.17, 15) is 10.1 Å². The molecule has 40 heavy (non-hydrogen) atoms. The monoisotopic (exact) mass is 536 g/mol. The fraction of sp³-hybridized carbons (Fsp3) is 0.333. The number of benzene rings is 1. The van der Waals surface area contributed by atoms with Crippen molar-refractivity contribution in [1.82, 2.24) is 9.97 Å². The molecule has 0 bridgehead atoms. The van der Waals surface area contributed by atoms with E-state index in [-0.39, 0.29) is 5.97 Å². The number of hydrogen-bond donors (Lipinski definition) is 0. The lowest BCUT2D eigenvalue weighted by molar-refractivity contribution is -0.145. The molecule has 0 fully saturated rings. The van der Waals surface area contributed by atoms with Crippen molar-refractivity contribution < 1.29 is 14.3 Å². The van der Waals surface area contributed by atoms with E-state index in [2.05, 4.69) is 40.9 Å². The Hall–Kier alpha value is -4.44. The molecule has 4 rings (SSSR count). The number of esters is 1. The number of nitrogens with zero attached hydrogens (tertiary/aromatic N) is 4. The van der Waals surface area contributed by atoms with Crippen LogP contribution in [-0.4, -0.2) is 35.1 Å². The molecule has 1 aliphatic heterocycles. The van der Waals surface area contributed by atoms with E-state index >= 15 is 0 Å². The number of rotatable bonds is 10. The number of aryl methyl sites for hydroxylation is 1. The summed E-state index contributed by atoms with van der Waals surface area (Å²) in [6.45, 7) is 11.8. The van der Waals surface area contributed by atoms with Crippen molar-refractivity contribution in [3.05, 3.63) is 83.4 Å². The Bertz CT molecular complexity index is 1480. The third-order valence-electron chi connectivity index (χ3n) is 6.98. The van der Waals surface area contributed by atoms with Gasteiger partial charge in [-0.2, -0.15) is 5.26 Å². The molecule has 0 amide bonds. The van der Waals surface area contributed by atoms with Crippen LogP contribution >= 0.6 is 0 Å². The Morgan fingerprint density at radius 1 is 1.05 bits per heavy atom. The average molecular weight is 537 g/mol. The molecule has 0 aliphatic carbocycles. The second kappa shape index (κ2) is 13.1. The van der Waals surface area contributed by atoms with Gasteiger partial charge in [-0.25, -0.2) is 0 Å². The summed E-state index contributed by atoms with van der Waals surface area (Å²) < 4.78 is 12.2. The highest BCUT2D eigenvalue weighted by molar-refractivity contribution is 5.88. The average Bonchev–Trinajstić information content (AvgIpc) is 2.96. The van der Waals surface area contributed by atoms with Crippen LogP contribution in [-0.2, 0) is 9.53 Å². The van der Waals surface area contributed by atoms with Crippen LogP contribution in [0.5, 0.6) is 5.75 Å². The van der Waals surface area contributed by atoms with Crippen molar-refractivity contribution in [1.29, 1.82) is 5.26 Å². The number of unbranched alkanes of at least 4 members (excludes halogenated alkanes) is 1. The van der Waals surface area contributed by atoms with Gasteiger partial charge in [-0.3, -0.25) is 14.8 Å². The van der Waals surface area contributed by atoms with Crippen molar-refractivity contribution in [2.24, 2.45) is 0 Å². The highest BCUT2D eigenvalue weighted by atomic mass is 16.5. The maximum absolute atomic E-state index is 12.5. The minimum atomic E-state index is -0.522. The predicted molar refractivity (Wildman–Crippen MR) is 158 cm³/mol. The summed E-state index contributed by atoms with van der Waals surface area (Å²) in [7, 11) is 0. The molecule has 1 aromatic carbocycles. The van der Waals surface area contributed by atoms with E-state index < -0.39 is 6.10 Å². The predicted octanol–water partition coefficient (Wildman–Crippen LogP) is 7.13. The van der Waals surface area contributed by atoms with Gasteiger partial charge in [0.25, 0.3) is 0 Å². The van der Waals surface area contributed by atoms with Crippen molar-refractivity contribution in [2.45, 2.75) is 60.0 Å². The Morgan fingerprint density at radius 3 is 2.45 bits per heavy atom. The van der Waals surface area contributed by atoms with Crippen molar-refractivity contribution in [2.75, 3.05) is 18.0 Å². The van der Waals surface area contributed by atoms with E-state index in [1.807, 2.05) is 57.2 Å². The van der Waals surface area contributed by atoms with Crippen LogP contribution in [0.1, 0.15) is 63.6 Å². The molecule has 0 radical (unpaired) electrons. The van der Waals surface area contributed by atoms with Crippen LogP contribution in [0.3, 0.4) is 0 Å². The summed E-state index contributed by atoms with van der Waals surface area (Å²) in [6, 6.07) is 15.9. The van der Waals surface area contributed by atoms with Crippen LogP contribution < -0.4 is 9.64 Å². The van der Waals surface area contributed by atoms with Gasteiger partial charge in [0, 0.05) is 54.8 Å². The number of nitriles is 1. The second-order valence-electron chi connectivity index (χ2n) is 9.79. The number of fused-ring (bicyclic) bond motifs is 1. The first-order valence-electron chi connectivity index (χ1n) is 13.9. The van der Waals surface area contributed by atoms with Gasteiger partial charge in [0.1, 0.15) is 29.3 Å². The molecule has 3 heterocycles. The van der Waals surface area contributed by atoms with Crippen LogP contribution in [0.25, 0.3) is 22.5 Å². The lowest BCUT2D eigenvalue weighted by Crippen LogP contribution is -2.23. The Kier molecular flexibility index (Phi) is 9.34. The van der Waals surface area contributed by atoms with Crippen LogP contribution in [0.2, 0.25) is 0 Å². The molecule has 2 aromatic heterocycles. The van der Waals surface area contributed by atoms with E-state index in [0.717, 1.165) is 54.0 Å². The molecule has 3 aromatic rings. The maximum Gasteiger partial charge on any atom is 0.306 e. The summed E-state index contributed by atoms with van der Waals surface area (Å²) in [4.78, 5) is 23.7. The number of allylic oxidation sites excluding steroid dienone is 2. The van der Waals surface area contributed by atoms with Crippen LogP contribution in [0.4, 0.5) is 5.69 Å². The normalized spacial score (nSPS) is 14.2. The number of ether oxygens (including phenoxy) is 2. The van der Waals surface area contributed by atoms with Gasteiger partial charge in [-0.1, -0.05) is 13.3 Å². The zero-order chi connectivity index (χ0) is 28.6. The van der Waals surface area contributed by atoms with E-state index in [1.54, 1.807) is 18.5 Å². The summed E-state index contributed by atoms with van der Waals surface area (Å²) in [5.74, 6) is 0.779. The summed E-state index contributed by atoms with van der Waals surface area (Å²) in [6.07, 6.45) is 6.78. The molecule has 1 aliphatic rings. The van der Waals surface area contributed by atoms with Gasteiger partial charge in [0.15, 0.2) is 0 Å². The molecule has 1 atom stereocenters. The zero-order valence-electron chi connectivity index (χ0n) is 23.9. The maximum atomic E-state index is 12.5. The molecule has 0 spiro atoms. The number of pyridine rings is 2. The lowest BCUT2D eigenvalue weighted by atomic mass is 9.94. The van der Waals surface area contributed by atoms with Crippen LogP contribution in [0, 0.1) is 18.3 Å². The number of carbonyl (C=O) groups excluding carboxylic acids is 1. The number of hydrogen-bond acceptors (Lipinski definition) is 7. The molecule has 1 unspecified atom stereocenters. The molecule has 206 valence electrons. The number of anilines is 1. The molecule has 0 saturated heterocycles. The van der Waals surface area contributed by atoms with E-state index in [0.29, 0.717) is 34.8 Å².